The van der Waals surface area contributed by atoms with Gasteiger partial charge in [-0.1, -0.05) is 12.5 Å². The Kier molecular flexibility index (Phi) is 7.22. The zero-order valence-electron chi connectivity index (χ0n) is 20.9. The van der Waals surface area contributed by atoms with E-state index in [-0.39, 0.29) is 17.9 Å². The maximum Gasteiger partial charge on any atom is 0.315 e. The topological polar surface area (TPSA) is 111 Å². The van der Waals surface area contributed by atoms with Gasteiger partial charge in [0.15, 0.2) is 0 Å². The Morgan fingerprint density at radius 1 is 1.00 bits per heavy atom. The number of rotatable bonds is 5. The van der Waals surface area contributed by atoms with Crippen molar-refractivity contribution in [1.29, 1.82) is 0 Å². The summed E-state index contributed by atoms with van der Waals surface area (Å²) in [4.78, 5) is 32.8. The van der Waals surface area contributed by atoms with Crippen molar-refractivity contribution >= 4 is 23.0 Å². The number of nitrogens with two attached hydrogens (primary N) is 1. The molecule has 1 aromatic carbocycles. The molecule has 0 aliphatic carbocycles. The number of aryl methyl sites for hydroxylation is 1. The number of benzene rings is 1. The van der Waals surface area contributed by atoms with Crippen LogP contribution in [0.2, 0.25) is 0 Å². The van der Waals surface area contributed by atoms with Crippen LogP contribution in [-0.2, 0) is 11.2 Å². The van der Waals surface area contributed by atoms with Gasteiger partial charge in [0, 0.05) is 31.7 Å². The number of hydrogen-bond acceptors (Lipinski definition) is 5. The average Bonchev–Trinajstić information content (AvgIpc) is 3.37. The SMILES string of the molecule is Cc1cc(C[C@@H](C(=O)N2CCC(N3CCCCC3)CC2)C2CCCCN2C(N)=O)cc2n[nH]nc12. The highest BCUT2D eigenvalue weighted by molar-refractivity contribution is 5.82. The van der Waals surface area contributed by atoms with Gasteiger partial charge < -0.3 is 20.4 Å². The van der Waals surface area contributed by atoms with E-state index in [1.165, 1.54) is 32.4 Å². The second kappa shape index (κ2) is 10.5. The minimum absolute atomic E-state index is 0.165. The van der Waals surface area contributed by atoms with Crippen LogP contribution in [0.4, 0.5) is 4.79 Å². The number of carbonyl (C=O) groups excluding carboxylic acids is 2. The van der Waals surface area contributed by atoms with Gasteiger partial charge in [-0.25, -0.2) is 4.79 Å². The van der Waals surface area contributed by atoms with Crippen molar-refractivity contribution in [2.24, 2.45) is 11.7 Å². The minimum Gasteiger partial charge on any atom is -0.351 e. The zero-order valence-corrected chi connectivity index (χ0v) is 20.9. The highest BCUT2D eigenvalue weighted by Crippen LogP contribution is 2.30. The highest BCUT2D eigenvalue weighted by atomic mass is 16.2. The molecule has 1 unspecified atom stereocenters. The maximum absolute atomic E-state index is 14.1. The molecule has 3 fully saturated rings. The van der Waals surface area contributed by atoms with E-state index in [9.17, 15) is 9.59 Å². The van der Waals surface area contributed by atoms with Gasteiger partial charge in [-0.2, -0.15) is 15.4 Å². The molecule has 3 amide bonds. The van der Waals surface area contributed by atoms with E-state index in [4.69, 9.17) is 5.73 Å². The van der Waals surface area contributed by atoms with Crippen molar-refractivity contribution in [3.8, 4) is 0 Å². The van der Waals surface area contributed by atoms with Crippen LogP contribution in [0.1, 0.15) is 62.5 Å². The molecular formula is C26H39N7O2. The number of carbonyl (C=O) groups is 2. The molecule has 35 heavy (non-hydrogen) atoms. The van der Waals surface area contributed by atoms with E-state index in [1.807, 2.05) is 13.0 Å². The summed E-state index contributed by atoms with van der Waals surface area (Å²) in [6.45, 7) is 6.62. The Labute approximate surface area is 207 Å². The van der Waals surface area contributed by atoms with Gasteiger partial charge in [-0.05, 0) is 88.6 Å². The highest BCUT2D eigenvalue weighted by Gasteiger charge is 2.39. The number of likely N-dealkylation sites (tertiary alicyclic amines) is 3. The fraction of sp³-hybridized carbons (Fsp3) is 0.692. The molecule has 0 spiro atoms. The van der Waals surface area contributed by atoms with Gasteiger partial charge >= 0.3 is 6.03 Å². The quantitative estimate of drug-likeness (QED) is 0.682. The number of nitrogens with one attached hydrogen (secondary N) is 1. The summed E-state index contributed by atoms with van der Waals surface area (Å²) in [5, 5.41) is 11.2. The number of primary amides is 1. The first-order valence-corrected chi connectivity index (χ1v) is 13.4. The molecule has 1 aromatic heterocycles. The molecule has 2 atom stereocenters. The lowest BCUT2D eigenvalue weighted by molar-refractivity contribution is -0.139. The number of nitrogens with zero attached hydrogens (tertiary/aromatic N) is 5. The third-order valence-electron chi connectivity index (χ3n) is 8.43. The molecule has 0 radical (unpaired) electrons. The Morgan fingerprint density at radius 2 is 1.74 bits per heavy atom. The number of urea groups is 1. The van der Waals surface area contributed by atoms with Crippen LogP contribution in [-0.4, -0.2) is 86.9 Å². The van der Waals surface area contributed by atoms with E-state index < -0.39 is 6.03 Å². The largest absolute Gasteiger partial charge is 0.351 e. The fourth-order valence-electron chi connectivity index (χ4n) is 6.57. The van der Waals surface area contributed by atoms with E-state index in [2.05, 4.69) is 31.3 Å². The Bertz CT molecular complexity index is 1040. The summed E-state index contributed by atoms with van der Waals surface area (Å²) in [7, 11) is 0. The van der Waals surface area contributed by atoms with Crippen molar-refractivity contribution in [3.63, 3.8) is 0 Å². The number of hydrogen-bond donors (Lipinski definition) is 2. The van der Waals surface area contributed by atoms with E-state index >= 15 is 0 Å². The molecule has 9 nitrogen and oxygen atoms in total. The molecule has 2 aromatic rings. The molecule has 3 aliphatic rings. The van der Waals surface area contributed by atoms with E-state index in [0.717, 1.165) is 67.4 Å². The number of amides is 3. The first kappa shape index (κ1) is 24.0. The van der Waals surface area contributed by atoms with Crippen LogP contribution in [0.15, 0.2) is 12.1 Å². The Morgan fingerprint density at radius 3 is 2.49 bits per heavy atom. The van der Waals surface area contributed by atoms with Crippen LogP contribution >= 0.6 is 0 Å². The monoisotopic (exact) mass is 481 g/mol. The summed E-state index contributed by atoms with van der Waals surface area (Å²) in [6, 6.07) is 4.13. The average molecular weight is 482 g/mol. The lowest BCUT2D eigenvalue weighted by Crippen LogP contribution is -2.56. The van der Waals surface area contributed by atoms with Gasteiger partial charge in [-0.15, -0.1) is 0 Å². The minimum atomic E-state index is -0.417. The summed E-state index contributed by atoms with van der Waals surface area (Å²) in [5.41, 5.74) is 9.54. The Hall–Kier alpha value is -2.68. The van der Waals surface area contributed by atoms with Crippen LogP contribution in [0.5, 0.6) is 0 Å². The third kappa shape index (κ3) is 5.15. The molecule has 3 aliphatic heterocycles. The lowest BCUT2D eigenvalue weighted by Gasteiger charge is -2.43. The molecule has 4 heterocycles. The van der Waals surface area contributed by atoms with Gasteiger partial charge in [-0.3, -0.25) is 4.79 Å². The number of aromatic nitrogens is 3. The van der Waals surface area contributed by atoms with Crippen LogP contribution in [0.25, 0.3) is 11.0 Å². The summed E-state index contributed by atoms with van der Waals surface area (Å²) >= 11 is 0. The van der Waals surface area contributed by atoms with E-state index in [1.54, 1.807) is 4.90 Å². The number of aromatic amines is 1. The first-order chi connectivity index (χ1) is 17.0. The van der Waals surface area contributed by atoms with Crippen LogP contribution in [0.3, 0.4) is 0 Å². The number of H-pyrrole nitrogens is 1. The predicted octanol–water partition coefficient (Wildman–Crippen LogP) is 2.84. The van der Waals surface area contributed by atoms with Crippen molar-refractivity contribution in [3.05, 3.63) is 23.3 Å². The molecular weight excluding hydrogens is 442 g/mol. The molecule has 0 saturated carbocycles. The van der Waals surface area contributed by atoms with Crippen molar-refractivity contribution in [1.82, 2.24) is 30.1 Å². The van der Waals surface area contributed by atoms with Crippen molar-refractivity contribution < 1.29 is 9.59 Å². The van der Waals surface area contributed by atoms with Gasteiger partial charge in [0.25, 0.3) is 0 Å². The normalized spacial score (nSPS) is 23.5. The second-order valence-corrected chi connectivity index (χ2v) is 10.7. The van der Waals surface area contributed by atoms with E-state index in [0.29, 0.717) is 19.0 Å². The fourth-order valence-corrected chi connectivity index (χ4v) is 6.57. The molecule has 5 rings (SSSR count). The lowest BCUT2D eigenvalue weighted by atomic mass is 9.84. The second-order valence-electron chi connectivity index (χ2n) is 10.7. The molecule has 3 N–H and O–H groups in total. The van der Waals surface area contributed by atoms with Gasteiger partial charge in [0.1, 0.15) is 11.0 Å². The molecule has 0 bridgehead atoms. The summed E-state index contributed by atoms with van der Waals surface area (Å²) in [5.74, 6) is -0.142. The van der Waals surface area contributed by atoms with Gasteiger partial charge in [0.2, 0.25) is 5.91 Å². The van der Waals surface area contributed by atoms with Gasteiger partial charge in [0.05, 0.1) is 5.92 Å². The van der Waals surface area contributed by atoms with Crippen molar-refractivity contribution in [2.75, 3.05) is 32.7 Å². The van der Waals surface area contributed by atoms with Crippen LogP contribution < -0.4 is 5.73 Å². The zero-order chi connectivity index (χ0) is 24.4. The molecule has 9 heteroatoms. The standard InChI is InChI=1S/C26H39N7O2/c1-18-15-19(17-22-24(18)29-30-28-22)16-21(23-7-3-6-12-33(23)26(27)35)25(34)32-13-8-20(9-14-32)31-10-4-2-5-11-31/h15,17,20-21,23H,2-14,16H2,1H3,(H2,27,35)(H,28,29,30)/t21-,23?/m1/s1. The predicted molar refractivity (Wildman–Crippen MR) is 135 cm³/mol. The summed E-state index contributed by atoms with van der Waals surface area (Å²) in [6.07, 6.45) is 9.33. The number of piperidine rings is 3. The van der Waals surface area contributed by atoms with Crippen molar-refractivity contribution in [2.45, 2.75) is 76.8 Å². The number of fused-ring (bicyclic) bond motifs is 1. The third-order valence-corrected chi connectivity index (χ3v) is 8.43. The Balaban J connectivity index is 1.36. The summed E-state index contributed by atoms with van der Waals surface area (Å²) < 4.78 is 0. The maximum atomic E-state index is 14.1. The molecule has 190 valence electrons. The smallest absolute Gasteiger partial charge is 0.315 e. The van der Waals surface area contributed by atoms with Crippen LogP contribution in [0, 0.1) is 12.8 Å². The first-order valence-electron chi connectivity index (χ1n) is 13.4. The molecule has 3 saturated heterocycles.